The highest BCUT2D eigenvalue weighted by molar-refractivity contribution is 7.85. The molecule has 0 spiro atoms. The second kappa shape index (κ2) is 35.6. The molecule has 12 nitrogen and oxygen atoms in total. The standard InChI is InChI=1S/C45H80O12S/c1-3-5-7-9-11-13-15-17-19-21-23-25-27-29-31-33-40(46)54-35-38(36-55-45-44(50)43(49)42(48)39(57-45)37-58(51,52)53)56-41(47)34-32-30-28-26-24-22-20-18-16-14-12-10-8-6-4-2/h11,13,17,19,24,26,38-39,42-45,48-50H,3-10,12,14-16,18,20-23,25,27-37H2,1-2H3,(H,51,52,53)/b13-11+,19-17+,26-24+/t38-,39-,42-,43?,44?,45+/m1/s1. The van der Waals surface area contributed by atoms with Crippen LogP contribution in [0.4, 0.5) is 0 Å². The van der Waals surface area contributed by atoms with Crippen LogP contribution in [0.2, 0.25) is 0 Å². The van der Waals surface area contributed by atoms with E-state index in [0.717, 1.165) is 64.2 Å². The lowest BCUT2D eigenvalue weighted by Gasteiger charge is -2.40. The van der Waals surface area contributed by atoms with Crippen molar-refractivity contribution >= 4 is 22.1 Å². The van der Waals surface area contributed by atoms with E-state index in [9.17, 15) is 37.9 Å². The van der Waals surface area contributed by atoms with Crippen molar-refractivity contribution in [3.05, 3.63) is 36.5 Å². The summed E-state index contributed by atoms with van der Waals surface area (Å²) in [6, 6.07) is 0. The number of rotatable bonds is 37. The van der Waals surface area contributed by atoms with E-state index in [1.807, 2.05) is 0 Å². The van der Waals surface area contributed by atoms with Crippen molar-refractivity contribution in [2.45, 2.75) is 218 Å². The maximum atomic E-state index is 12.8. The minimum atomic E-state index is -4.60. The highest BCUT2D eigenvalue weighted by atomic mass is 32.2. The van der Waals surface area contributed by atoms with Gasteiger partial charge in [-0.3, -0.25) is 14.1 Å². The molecular formula is C45H80O12S. The second-order valence-corrected chi connectivity index (χ2v) is 17.2. The summed E-state index contributed by atoms with van der Waals surface area (Å²) in [6.45, 7) is 3.70. The lowest BCUT2D eigenvalue weighted by atomic mass is 10.00. The van der Waals surface area contributed by atoms with Crippen LogP contribution in [0.5, 0.6) is 0 Å². The van der Waals surface area contributed by atoms with Gasteiger partial charge in [-0.1, -0.05) is 134 Å². The molecule has 58 heavy (non-hydrogen) atoms. The molecule has 338 valence electrons. The quantitative estimate of drug-likeness (QED) is 0.0202. The monoisotopic (exact) mass is 845 g/mol. The van der Waals surface area contributed by atoms with Crippen molar-refractivity contribution in [1.29, 1.82) is 0 Å². The van der Waals surface area contributed by atoms with E-state index in [0.29, 0.717) is 12.8 Å². The van der Waals surface area contributed by atoms with E-state index in [-0.39, 0.29) is 19.4 Å². The van der Waals surface area contributed by atoms with Gasteiger partial charge in [-0.25, -0.2) is 0 Å². The van der Waals surface area contributed by atoms with Crippen LogP contribution in [0.25, 0.3) is 0 Å². The van der Waals surface area contributed by atoms with Crippen molar-refractivity contribution in [3.63, 3.8) is 0 Å². The van der Waals surface area contributed by atoms with Crippen LogP contribution >= 0.6 is 0 Å². The number of ether oxygens (including phenoxy) is 4. The Kier molecular flexibility index (Phi) is 33.1. The minimum Gasteiger partial charge on any atom is -0.462 e. The number of allylic oxidation sites excluding steroid dienone is 6. The maximum Gasteiger partial charge on any atom is 0.306 e. The zero-order valence-corrected chi connectivity index (χ0v) is 36.7. The Bertz CT molecular complexity index is 1220. The van der Waals surface area contributed by atoms with Crippen LogP contribution in [0.3, 0.4) is 0 Å². The fourth-order valence-electron chi connectivity index (χ4n) is 6.64. The van der Waals surface area contributed by atoms with Gasteiger partial charge in [0.2, 0.25) is 0 Å². The van der Waals surface area contributed by atoms with Crippen molar-refractivity contribution in [1.82, 2.24) is 0 Å². The molecule has 1 aliphatic rings. The lowest BCUT2D eigenvalue weighted by molar-refractivity contribution is -0.297. The van der Waals surface area contributed by atoms with E-state index in [4.69, 9.17) is 18.9 Å². The summed E-state index contributed by atoms with van der Waals surface area (Å²) in [5, 5.41) is 30.9. The molecule has 0 aromatic heterocycles. The molecule has 1 fully saturated rings. The molecule has 0 aromatic carbocycles. The smallest absolute Gasteiger partial charge is 0.306 e. The summed E-state index contributed by atoms with van der Waals surface area (Å²) in [4.78, 5) is 25.4. The first-order valence-electron chi connectivity index (χ1n) is 22.5. The molecule has 13 heteroatoms. The third-order valence-corrected chi connectivity index (χ3v) is 10.9. The molecule has 1 saturated heterocycles. The molecule has 0 saturated carbocycles. The van der Waals surface area contributed by atoms with Crippen LogP contribution in [0.1, 0.15) is 181 Å². The van der Waals surface area contributed by atoms with Gasteiger partial charge in [0, 0.05) is 12.8 Å². The van der Waals surface area contributed by atoms with Gasteiger partial charge in [0.1, 0.15) is 36.8 Å². The Morgan fingerprint density at radius 1 is 0.586 bits per heavy atom. The molecule has 0 radical (unpaired) electrons. The van der Waals surface area contributed by atoms with Crippen LogP contribution in [-0.2, 0) is 38.7 Å². The number of aliphatic hydroxyl groups excluding tert-OH is 3. The fraction of sp³-hybridized carbons (Fsp3) is 0.822. The number of aliphatic hydroxyl groups is 3. The SMILES string of the molecule is CCCCC/C=C/C/C=C/CCCCCCCC(=O)OC[C@H](CO[C@H]1O[C@H](CS(=O)(=O)O)[C@@H](O)C(O)C1O)OC(=O)CCCC/C=C/CCCCCCCCCCC. The zero-order chi connectivity index (χ0) is 42.7. The first-order valence-corrected chi connectivity index (χ1v) is 24.2. The van der Waals surface area contributed by atoms with E-state index in [1.165, 1.54) is 77.0 Å². The van der Waals surface area contributed by atoms with E-state index >= 15 is 0 Å². The largest absolute Gasteiger partial charge is 0.462 e. The molecule has 6 atom stereocenters. The molecule has 0 bridgehead atoms. The minimum absolute atomic E-state index is 0.131. The highest BCUT2D eigenvalue weighted by Crippen LogP contribution is 2.24. The second-order valence-electron chi connectivity index (χ2n) is 15.7. The topological polar surface area (TPSA) is 186 Å². The molecule has 0 aliphatic carbocycles. The summed E-state index contributed by atoms with van der Waals surface area (Å²) in [5.41, 5.74) is 0. The molecule has 4 N–H and O–H groups in total. The number of unbranched alkanes of at least 4 members (excludes halogenated alkanes) is 19. The highest BCUT2D eigenvalue weighted by Gasteiger charge is 2.46. The first kappa shape index (κ1) is 53.9. The molecular weight excluding hydrogens is 765 g/mol. The Morgan fingerprint density at radius 3 is 1.60 bits per heavy atom. The fourth-order valence-corrected chi connectivity index (χ4v) is 7.33. The van der Waals surface area contributed by atoms with Gasteiger partial charge in [0.05, 0.1) is 6.61 Å². The summed E-state index contributed by atoms with van der Waals surface area (Å²) in [6.07, 6.45) is 30.5. The van der Waals surface area contributed by atoms with Gasteiger partial charge < -0.3 is 34.3 Å². The number of esters is 2. The Balaban J connectivity index is 2.48. The third kappa shape index (κ3) is 30.0. The molecule has 2 unspecified atom stereocenters. The molecule has 0 amide bonds. The summed E-state index contributed by atoms with van der Waals surface area (Å²) in [7, 11) is -4.60. The van der Waals surface area contributed by atoms with E-state index in [1.54, 1.807) is 0 Å². The van der Waals surface area contributed by atoms with Crippen molar-refractivity contribution in [2.24, 2.45) is 0 Å². The van der Waals surface area contributed by atoms with Gasteiger partial charge in [-0.05, 0) is 70.6 Å². The zero-order valence-electron chi connectivity index (χ0n) is 35.9. The van der Waals surface area contributed by atoms with Crippen LogP contribution in [0, 0.1) is 0 Å². The third-order valence-electron chi connectivity index (χ3n) is 10.2. The van der Waals surface area contributed by atoms with E-state index in [2.05, 4.69) is 50.3 Å². The molecule has 1 aliphatic heterocycles. The Labute approximate surface area is 351 Å². The number of hydrogen-bond donors (Lipinski definition) is 4. The summed E-state index contributed by atoms with van der Waals surface area (Å²) in [5.74, 6) is -2.03. The number of hydrogen-bond acceptors (Lipinski definition) is 11. The van der Waals surface area contributed by atoms with Crippen LogP contribution < -0.4 is 0 Å². The van der Waals surface area contributed by atoms with Crippen molar-refractivity contribution < 1.29 is 56.8 Å². The average molecular weight is 845 g/mol. The van der Waals surface area contributed by atoms with Crippen LogP contribution in [0.15, 0.2) is 36.5 Å². The van der Waals surface area contributed by atoms with Gasteiger partial charge in [0.25, 0.3) is 10.1 Å². The maximum absolute atomic E-state index is 12.8. The van der Waals surface area contributed by atoms with Gasteiger partial charge in [0.15, 0.2) is 12.4 Å². The summed E-state index contributed by atoms with van der Waals surface area (Å²) < 4.78 is 54.0. The van der Waals surface area contributed by atoms with E-state index < -0.39 is 71.2 Å². The summed E-state index contributed by atoms with van der Waals surface area (Å²) >= 11 is 0. The van der Waals surface area contributed by atoms with Crippen molar-refractivity contribution in [3.8, 4) is 0 Å². The predicted molar refractivity (Wildman–Crippen MR) is 229 cm³/mol. The Morgan fingerprint density at radius 2 is 1.03 bits per heavy atom. The number of carbonyl (C=O) groups is 2. The van der Waals surface area contributed by atoms with Gasteiger partial charge in [-0.15, -0.1) is 0 Å². The molecule has 1 rings (SSSR count). The molecule has 1 heterocycles. The van der Waals surface area contributed by atoms with Crippen molar-refractivity contribution in [2.75, 3.05) is 19.0 Å². The Hall–Kier alpha value is -2.13. The van der Waals surface area contributed by atoms with Crippen LogP contribution in [-0.4, -0.2) is 96.0 Å². The predicted octanol–water partition coefficient (Wildman–Crippen LogP) is 9.00. The van der Waals surface area contributed by atoms with Gasteiger partial charge in [-0.2, -0.15) is 8.42 Å². The average Bonchev–Trinajstić information content (AvgIpc) is 3.18. The first-order chi connectivity index (χ1) is 28.0. The lowest BCUT2D eigenvalue weighted by Crippen LogP contribution is -2.60. The normalized spacial score (nSPS) is 20.7. The number of carbonyl (C=O) groups excluding carboxylic acids is 2. The van der Waals surface area contributed by atoms with Gasteiger partial charge >= 0.3 is 11.9 Å². The molecule has 0 aromatic rings.